The maximum atomic E-state index is 14.9. The SMILES string of the molecule is Cc1c[nH]c2c(OC(=S)N(C)CCN(C)C(=S)OCc3ccc(NC(=O)C(CCCNC(N)=O)NC(=O)[C@@H](NC(=O)CCOCCOCCOCCOCCOCCOCCN4C(=O)C=CC4=O)C(C)C)cc3)cc3c(c12)C(CCl)CN3C(C)C12CC(C(=O)N3C[C@@H](CCl)c4c3cc(OP(=O)(O)O)c3[nH]cc(C)c43)(C1)C2. The number of carbonyl (C=O) groups is 7. The monoisotopic (exact) mass is 1640 g/mol. The average Bonchev–Trinajstić information content (AvgIpc) is 1.58. The number of carbonyl (C=O) groups excluding carboxylic acids is 7. The smallest absolute Gasteiger partial charge is 0.466 e. The van der Waals surface area contributed by atoms with Gasteiger partial charge in [0.05, 0.1) is 108 Å². The summed E-state index contributed by atoms with van der Waals surface area (Å²) >= 11 is 25.1. The highest BCUT2D eigenvalue weighted by Crippen LogP contribution is 2.76. The van der Waals surface area contributed by atoms with Crippen LogP contribution in [0.3, 0.4) is 0 Å². The highest BCUT2D eigenvalue weighted by molar-refractivity contribution is 7.80. The first-order valence-corrected chi connectivity index (χ1v) is 40.6. The fourth-order valence-corrected chi connectivity index (χ4v) is 16.4. The van der Waals surface area contributed by atoms with Crippen LogP contribution in [0.4, 0.5) is 21.9 Å². The summed E-state index contributed by atoms with van der Waals surface area (Å²) in [5.41, 5.74) is 12.4. The van der Waals surface area contributed by atoms with Crippen LogP contribution in [-0.2, 0) is 73.1 Å². The summed E-state index contributed by atoms with van der Waals surface area (Å²) in [6.07, 6.45) is 8.58. The lowest BCUT2D eigenvalue weighted by atomic mass is 9.32. The van der Waals surface area contributed by atoms with Crippen molar-refractivity contribution in [1.82, 2.24) is 40.6 Å². The lowest BCUT2D eigenvalue weighted by molar-refractivity contribution is -0.211. The van der Waals surface area contributed by atoms with Crippen molar-refractivity contribution in [2.24, 2.45) is 22.5 Å². The molecule has 10 N–H and O–H groups in total. The second-order valence-electron chi connectivity index (χ2n) is 29.1. The van der Waals surface area contributed by atoms with E-state index in [9.17, 15) is 47.9 Å². The molecule has 2 aromatic heterocycles. The van der Waals surface area contributed by atoms with Gasteiger partial charge in [-0.25, -0.2) is 9.36 Å². The van der Waals surface area contributed by atoms with Gasteiger partial charge in [-0.1, -0.05) is 26.0 Å². The molecule has 3 unspecified atom stereocenters. The number of ether oxygens (including phenoxy) is 8. The first-order valence-electron chi connectivity index (χ1n) is 37.1. The Morgan fingerprint density at radius 1 is 0.712 bits per heavy atom. The number of alkyl halides is 2. The van der Waals surface area contributed by atoms with Crippen molar-refractivity contribution in [2.45, 2.75) is 110 Å². The van der Waals surface area contributed by atoms with Gasteiger partial charge in [0.1, 0.15) is 18.7 Å². The van der Waals surface area contributed by atoms with Crippen molar-refractivity contribution < 1.29 is 90.3 Å². The van der Waals surface area contributed by atoms with Crippen molar-refractivity contribution in [3.05, 3.63) is 88.8 Å². The predicted octanol–water partition coefficient (Wildman–Crippen LogP) is 7.26. The number of nitrogens with two attached hydrogens (primary N) is 1. The van der Waals surface area contributed by atoms with E-state index in [0.29, 0.717) is 133 Å². The number of likely N-dealkylation sites (N-methyl/N-ethyl adjacent to an activating group) is 2. The standard InChI is InChI=1S/C75H101Cl2N12O19PS2/c1-45(2)65(84-58(90)16-21-100-23-25-102-27-29-104-31-32-105-30-28-103-26-24-101-22-20-87-59(91)14-15-60(87)92)69(94)83-53(9-8-17-79-71(78)96)68(93)82-52-12-10-49(11-13-52)41-106-72(110)85(6)18-19-86(7)73(111)107-56-33-54-63(61-46(3)37-80-66(56)61)50(35-76)39-88(54)48(5)74-42-75(43-74,44-74)70(95)89-40-51(36-77)64-55(89)34-57(108-109(97,98)99)67-62(64)47(4)38-81-67/h10-15,33-34,37-38,45,48,50-51,53,65,80-81H,8-9,16-32,35-36,39-44H2,1-7H3,(H,82,93)(H,83,94)(H,84,90)(H3,78,79,96)(H2,97,98,99)/t48?,50?,51-,53?,65+,74?,75?/m1/s1. The van der Waals surface area contributed by atoms with Crippen molar-refractivity contribution in [1.29, 1.82) is 0 Å². The number of amides is 8. The largest absolute Gasteiger partial charge is 0.524 e. The number of anilines is 3. The Balaban J connectivity index is 0.630. The number of nitrogens with zero attached hydrogens (tertiary/aromatic N) is 5. The molecule has 3 aromatic carbocycles. The number of aromatic nitrogens is 2. The van der Waals surface area contributed by atoms with Crippen molar-refractivity contribution in [3.63, 3.8) is 0 Å². The summed E-state index contributed by atoms with van der Waals surface area (Å²) in [4.78, 5) is 125. The van der Waals surface area contributed by atoms with Crippen molar-refractivity contribution in [2.75, 3.05) is 160 Å². The number of primary amides is 1. The van der Waals surface area contributed by atoms with Gasteiger partial charge in [0.25, 0.3) is 22.2 Å². The van der Waals surface area contributed by atoms with Crippen molar-refractivity contribution >= 4 is 146 Å². The second-order valence-corrected chi connectivity index (χ2v) is 31.6. The van der Waals surface area contributed by atoms with Gasteiger partial charge >= 0.3 is 13.9 Å². The van der Waals surface area contributed by atoms with Crippen LogP contribution in [-0.4, -0.2) is 249 Å². The average molecular weight is 1640 g/mol. The van der Waals surface area contributed by atoms with Crippen LogP contribution in [0.2, 0.25) is 0 Å². The molecule has 3 fully saturated rings. The molecular weight excluding hydrogens is 1540 g/mol. The first-order chi connectivity index (χ1) is 53.1. The van der Waals surface area contributed by atoms with Crippen LogP contribution in [0.1, 0.15) is 98.9 Å². The normalized spacial score (nSPS) is 19.0. The van der Waals surface area contributed by atoms with Crippen molar-refractivity contribution in [3.8, 4) is 11.5 Å². The molecule has 3 aliphatic carbocycles. The van der Waals surface area contributed by atoms with E-state index in [1.165, 1.54) is 12.2 Å². The third kappa shape index (κ3) is 21.2. The Kier molecular flexibility index (Phi) is 30.0. The number of hydrogen-bond acceptors (Lipinski definition) is 20. The van der Waals surface area contributed by atoms with E-state index in [2.05, 4.69) is 50.0 Å². The fraction of sp³-hybridized carbons (Fsp3) is 0.560. The van der Waals surface area contributed by atoms with E-state index in [0.717, 1.165) is 54.7 Å². The number of hydrogen-bond donors (Lipinski definition) is 9. The number of aromatic amines is 2. The van der Waals surface area contributed by atoms with Gasteiger partial charge in [-0.2, -0.15) is 0 Å². The molecule has 3 saturated carbocycles. The molecule has 5 heterocycles. The topological polar surface area (TPSA) is 382 Å². The molecule has 8 amide bonds. The molecule has 606 valence electrons. The number of rotatable bonds is 44. The molecule has 36 heteroatoms. The highest BCUT2D eigenvalue weighted by Gasteiger charge is 2.75. The van der Waals surface area contributed by atoms with E-state index in [4.69, 9.17) is 95.8 Å². The third-order valence-corrected chi connectivity index (χ3v) is 23.0. The maximum Gasteiger partial charge on any atom is 0.524 e. The summed E-state index contributed by atoms with van der Waals surface area (Å²) < 4.78 is 63.0. The second kappa shape index (κ2) is 38.8. The van der Waals surface area contributed by atoms with Crippen LogP contribution in [0.5, 0.6) is 11.5 Å². The number of imide groups is 1. The Labute approximate surface area is 665 Å². The van der Waals surface area contributed by atoms with Gasteiger partial charge in [0.15, 0.2) is 11.5 Å². The molecule has 0 radical (unpaired) electrons. The number of fused-ring (bicyclic) bond motifs is 6. The zero-order chi connectivity index (χ0) is 79.9. The number of halogens is 2. The minimum Gasteiger partial charge on any atom is -0.466 e. The van der Waals surface area contributed by atoms with E-state index < -0.39 is 49.1 Å². The zero-order valence-corrected chi connectivity index (χ0v) is 67.5. The number of aryl methyl sites for hydroxylation is 2. The Bertz CT molecular complexity index is 4240. The summed E-state index contributed by atoms with van der Waals surface area (Å²) in [7, 11) is -1.29. The van der Waals surface area contributed by atoms with Gasteiger partial charge in [0.2, 0.25) is 23.6 Å². The molecular formula is C75H101Cl2N12O19PS2. The van der Waals surface area contributed by atoms with E-state index in [1.54, 1.807) is 60.2 Å². The number of nitrogens with one attached hydrogen (secondary N) is 6. The Morgan fingerprint density at radius 3 is 1.78 bits per heavy atom. The third-order valence-electron chi connectivity index (χ3n) is 21.0. The van der Waals surface area contributed by atoms with Crippen LogP contribution >= 0.6 is 55.5 Å². The fourth-order valence-electron chi connectivity index (χ4n) is 15.1. The molecule has 3 aliphatic heterocycles. The molecule has 0 spiro atoms. The van der Waals surface area contributed by atoms with Crippen LogP contribution < -0.4 is 46.1 Å². The van der Waals surface area contributed by atoms with Crippen LogP contribution in [0.25, 0.3) is 21.8 Å². The molecule has 5 aromatic rings. The molecule has 2 bridgehead atoms. The summed E-state index contributed by atoms with van der Waals surface area (Å²) in [5, 5.41) is 13.2. The lowest BCUT2D eigenvalue weighted by Gasteiger charge is -2.73. The quantitative estimate of drug-likeness (QED) is 0.00608. The number of benzene rings is 3. The number of phosphoric acid groups is 1. The first kappa shape index (κ1) is 85.7. The van der Waals surface area contributed by atoms with Gasteiger partial charge in [-0.15, -0.1) is 23.2 Å². The van der Waals surface area contributed by atoms with Gasteiger partial charge in [0, 0.05) is 142 Å². The summed E-state index contributed by atoms with van der Waals surface area (Å²) in [5.74, 6) is -1.60. The molecule has 0 saturated heterocycles. The Morgan fingerprint density at radius 2 is 1.23 bits per heavy atom. The number of phosphoric ester groups is 1. The van der Waals surface area contributed by atoms with E-state index >= 15 is 0 Å². The number of H-pyrrole nitrogens is 2. The van der Waals surface area contributed by atoms with E-state index in [-0.39, 0.29) is 128 Å². The molecule has 111 heavy (non-hydrogen) atoms. The minimum atomic E-state index is -4.95. The number of urea groups is 1. The minimum absolute atomic E-state index is 0.0124. The Hall–Kier alpha value is -7.76. The molecule has 11 rings (SSSR count). The van der Waals surface area contributed by atoms with Gasteiger partial charge < -0.3 is 99.0 Å². The van der Waals surface area contributed by atoms with Gasteiger partial charge in [-0.05, 0) is 129 Å². The van der Waals surface area contributed by atoms with Crippen LogP contribution in [0.15, 0.2) is 60.9 Å². The lowest BCUT2D eigenvalue weighted by Crippen LogP contribution is -2.73. The van der Waals surface area contributed by atoms with Crippen LogP contribution in [0, 0.1) is 30.6 Å². The predicted molar refractivity (Wildman–Crippen MR) is 425 cm³/mol. The summed E-state index contributed by atoms with van der Waals surface area (Å²) in [6.45, 7) is 15.6. The maximum absolute atomic E-state index is 14.9. The molecule has 5 atom stereocenters. The number of thiocarbonyl (C=S) groups is 2. The molecule has 6 aliphatic rings. The summed E-state index contributed by atoms with van der Waals surface area (Å²) in [6, 6.07) is 7.77. The highest BCUT2D eigenvalue weighted by atomic mass is 35.5. The van der Waals surface area contributed by atoms with Gasteiger partial charge in [-0.3, -0.25) is 43.5 Å². The van der Waals surface area contributed by atoms with E-state index in [1.807, 2.05) is 38.2 Å². The zero-order valence-electron chi connectivity index (χ0n) is 63.5. The molecule has 31 nitrogen and oxygen atoms in total.